The lowest BCUT2D eigenvalue weighted by molar-refractivity contribution is -0.114. The van der Waals surface area contributed by atoms with Crippen molar-refractivity contribution < 1.29 is 9.53 Å². The van der Waals surface area contributed by atoms with E-state index in [1.807, 2.05) is 24.3 Å². The fourth-order valence-corrected chi connectivity index (χ4v) is 3.76. The SMILES string of the molecule is CCNC(=NCCOc1cccc(NC(C)=O)c1)NC(C)c1cccc(N2CCCC2)c1.I. The highest BCUT2D eigenvalue weighted by Crippen LogP contribution is 2.24. The number of nitrogens with zero attached hydrogens (tertiary/aromatic N) is 2. The average Bonchev–Trinajstić information content (AvgIpc) is 3.32. The molecule has 1 heterocycles. The summed E-state index contributed by atoms with van der Waals surface area (Å²) in [5.41, 5.74) is 3.26. The van der Waals surface area contributed by atoms with Crippen LogP contribution < -0.4 is 25.6 Å². The molecule has 0 bridgehead atoms. The topological polar surface area (TPSA) is 78.0 Å². The van der Waals surface area contributed by atoms with Crippen molar-refractivity contribution in [3.05, 3.63) is 54.1 Å². The van der Waals surface area contributed by atoms with E-state index in [-0.39, 0.29) is 35.9 Å². The summed E-state index contributed by atoms with van der Waals surface area (Å²) in [5.74, 6) is 1.37. The van der Waals surface area contributed by atoms with E-state index in [0.29, 0.717) is 18.9 Å². The van der Waals surface area contributed by atoms with Gasteiger partial charge in [0.1, 0.15) is 12.4 Å². The first-order chi connectivity index (χ1) is 15.5. The standard InChI is InChI=1S/C25H35N5O2.HI/c1-4-26-25(27-13-16-32-24-12-8-10-22(18-24)29-20(3)31)28-19(2)21-9-7-11-23(17-21)30-14-5-6-15-30;/h7-12,17-19H,4-6,13-16H2,1-3H3,(H,29,31)(H2,26,27,28);1H. The molecule has 1 amide bonds. The molecule has 8 heteroatoms. The highest BCUT2D eigenvalue weighted by molar-refractivity contribution is 14.0. The van der Waals surface area contributed by atoms with Gasteiger partial charge < -0.3 is 25.6 Å². The van der Waals surface area contributed by atoms with Crippen LogP contribution >= 0.6 is 24.0 Å². The van der Waals surface area contributed by atoms with Crippen molar-refractivity contribution in [2.45, 2.75) is 39.7 Å². The van der Waals surface area contributed by atoms with Crippen LogP contribution in [0.25, 0.3) is 0 Å². The Kier molecular flexibility index (Phi) is 11.3. The number of hydrogen-bond acceptors (Lipinski definition) is 4. The van der Waals surface area contributed by atoms with Gasteiger partial charge in [-0.1, -0.05) is 18.2 Å². The van der Waals surface area contributed by atoms with E-state index in [1.54, 1.807) is 0 Å². The lowest BCUT2D eigenvalue weighted by Gasteiger charge is -2.22. The molecule has 3 N–H and O–H groups in total. The Morgan fingerprint density at radius 3 is 2.64 bits per heavy atom. The number of rotatable bonds is 9. The van der Waals surface area contributed by atoms with Gasteiger partial charge in [-0.15, -0.1) is 24.0 Å². The van der Waals surface area contributed by atoms with Gasteiger partial charge in [-0.3, -0.25) is 4.79 Å². The Morgan fingerprint density at radius 2 is 1.91 bits per heavy atom. The van der Waals surface area contributed by atoms with E-state index in [2.05, 4.69) is 64.0 Å². The summed E-state index contributed by atoms with van der Waals surface area (Å²) in [6, 6.07) is 16.3. The minimum atomic E-state index is -0.104. The second kappa shape index (κ2) is 13.9. The molecule has 3 rings (SSSR count). The van der Waals surface area contributed by atoms with Crippen molar-refractivity contribution in [1.82, 2.24) is 10.6 Å². The molecule has 1 fully saturated rings. The van der Waals surface area contributed by atoms with Crippen molar-refractivity contribution in [1.29, 1.82) is 0 Å². The van der Waals surface area contributed by atoms with Crippen molar-refractivity contribution >= 4 is 47.2 Å². The first kappa shape index (κ1) is 26.8. The van der Waals surface area contributed by atoms with Crippen LogP contribution in [0.2, 0.25) is 0 Å². The second-order valence-electron chi connectivity index (χ2n) is 7.97. The maximum Gasteiger partial charge on any atom is 0.221 e. The number of nitrogens with one attached hydrogen (secondary N) is 3. The van der Waals surface area contributed by atoms with Gasteiger partial charge >= 0.3 is 0 Å². The van der Waals surface area contributed by atoms with Crippen molar-refractivity contribution in [3.63, 3.8) is 0 Å². The van der Waals surface area contributed by atoms with E-state index in [0.717, 1.165) is 31.3 Å². The fraction of sp³-hybridized carbons (Fsp3) is 0.440. The molecule has 2 aromatic rings. The van der Waals surface area contributed by atoms with Crippen LogP contribution in [0.1, 0.15) is 45.2 Å². The molecule has 0 spiro atoms. The fourth-order valence-electron chi connectivity index (χ4n) is 3.76. The third-order valence-corrected chi connectivity index (χ3v) is 5.32. The number of hydrogen-bond donors (Lipinski definition) is 3. The minimum Gasteiger partial charge on any atom is -0.492 e. The Labute approximate surface area is 214 Å². The first-order valence-electron chi connectivity index (χ1n) is 11.5. The van der Waals surface area contributed by atoms with Gasteiger partial charge in [0.15, 0.2) is 5.96 Å². The highest BCUT2D eigenvalue weighted by Gasteiger charge is 2.14. The third-order valence-electron chi connectivity index (χ3n) is 5.32. The molecule has 2 aromatic carbocycles. The van der Waals surface area contributed by atoms with Crippen LogP contribution in [0.4, 0.5) is 11.4 Å². The molecule has 1 saturated heterocycles. The van der Waals surface area contributed by atoms with Crippen LogP contribution in [0.3, 0.4) is 0 Å². The van der Waals surface area contributed by atoms with Gasteiger partial charge in [0.05, 0.1) is 12.6 Å². The van der Waals surface area contributed by atoms with Crippen LogP contribution in [-0.2, 0) is 4.79 Å². The Balaban J connectivity index is 0.00000385. The van der Waals surface area contributed by atoms with E-state index in [9.17, 15) is 4.79 Å². The van der Waals surface area contributed by atoms with Crippen LogP contribution in [-0.4, -0.2) is 44.7 Å². The molecule has 0 aliphatic carbocycles. The summed E-state index contributed by atoms with van der Waals surface area (Å²) in [6.07, 6.45) is 2.55. The maximum absolute atomic E-state index is 11.2. The molecule has 33 heavy (non-hydrogen) atoms. The maximum atomic E-state index is 11.2. The third kappa shape index (κ3) is 8.75. The first-order valence-corrected chi connectivity index (χ1v) is 11.5. The molecule has 1 aliphatic heterocycles. The Bertz CT molecular complexity index is 915. The van der Waals surface area contributed by atoms with Gasteiger partial charge in [-0.05, 0) is 56.5 Å². The predicted molar refractivity (Wildman–Crippen MR) is 147 cm³/mol. The molecule has 1 aliphatic rings. The zero-order chi connectivity index (χ0) is 22.8. The number of ether oxygens (including phenoxy) is 1. The quantitative estimate of drug-likeness (QED) is 0.180. The smallest absolute Gasteiger partial charge is 0.221 e. The normalized spacial score (nSPS) is 14.3. The van der Waals surface area contributed by atoms with Crippen molar-refractivity contribution in [3.8, 4) is 5.75 Å². The van der Waals surface area contributed by atoms with Crippen LogP contribution in [0, 0.1) is 0 Å². The Hall–Kier alpha value is -2.49. The zero-order valence-electron chi connectivity index (χ0n) is 19.8. The predicted octanol–water partition coefficient (Wildman–Crippen LogP) is 4.56. The summed E-state index contributed by atoms with van der Waals surface area (Å²) < 4.78 is 5.80. The van der Waals surface area contributed by atoms with E-state index in [1.165, 1.54) is 31.0 Å². The molecule has 7 nitrogen and oxygen atoms in total. The number of carbonyl (C=O) groups is 1. The lowest BCUT2D eigenvalue weighted by Crippen LogP contribution is -2.39. The largest absolute Gasteiger partial charge is 0.492 e. The lowest BCUT2D eigenvalue weighted by atomic mass is 10.1. The number of aliphatic imine (C=N–C) groups is 1. The number of benzene rings is 2. The zero-order valence-corrected chi connectivity index (χ0v) is 22.1. The summed E-state index contributed by atoms with van der Waals surface area (Å²) in [6.45, 7) is 9.72. The summed E-state index contributed by atoms with van der Waals surface area (Å²) in [5, 5.41) is 9.57. The van der Waals surface area contributed by atoms with Gasteiger partial charge in [-0.2, -0.15) is 0 Å². The minimum absolute atomic E-state index is 0. The molecular weight excluding hydrogens is 529 g/mol. The molecule has 0 aromatic heterocycles. The Morgan fingerprint density at radius 1 is 1.15 bits per heavy atom. The summed E-state index contributed by atoms with van der Waals surface area (Å²) >= 11 is 0. The number of halogens is 1. The van der Waals surface area contributed by atoms with Crippen molar-refractivity contribution in [2.24, 2.45) is 4.99 Å². The van der Waals surface area contributed by atoms with Crippen LogP contribution in [0.5, 0.6) is 5.75 Å². The average molecular weight is 566 g/mol. The monoisotopic (exact) mass is 565 g/mol. The molecule has 180 valence electrons. The molecular formula is C25H36IN5O2. The number of guanidine groups is 1. The van der Waals surface area contributed by atoms with Gasteiger partial charge in [0, 0.05) is 44.0 Å². The van der Waals surface area contributed by atoms with Crippen LogP contribution in [0.15, 0.2) is 53.5 Å². The van der Waals surface area contributed by atoms with E-state index >= 15 is 0 Å². The molecule has 0 radical (unpaired) electrons. The van der Waals surface area contributed by atoms with Crippen molar-refractivity contribution in [2.75, 3.05) is 43.0 Å². The molecule has 1 atom stereocenters. The van der Waals surface area contributed by atoms with E-state index in [4.69, 9.17) is 4.74 Å². The number of anilines is 2. The van der Waals surface area contributed by atoms with Gasteiger partial charge in [0.25, 0.3) is 0 Å². The molecule has 1 unspecified atom stereocenters. The van der Waals surface area contributed by atoms with Gasteiger partial charge in [-0.25, -0.2) is 4.99 Å². The second-order valence-corrected chi connectivity index (χ2v) is 7.97. The summed E-state index contributed by atoms with van der Waals surface area (Å²) in [4.78, 5) is 18.3. The van der Waals surface area contributed by atoms with Gasteiger partial charge in [0.2, 0.25) is 5.91 Å². The number of amides is 1. The summed E-state index contributed by atoms with van der Waals surface area (Å²) in [7, 11) is 0. The molecule has 0 saturated carbocycles. The number of carbonyl (C=O) groups excluding carboxylic acids is 1. The van der Waals surface area contributed by atoms with E-state index < -0.39 is 0 Å². The highest BCUT2D eigenvalue weighted by atomic mass is 127.